The van der Waals surface area contributed by atoms with Gasteiger partial charge in [0.2, 0.25) is 0 Å². The SMILES string of the molecule is N#Cc1ccnc(SCC2(O)CCCCC2)c1. The summed E-state index contributed by atoms with van der Waals surface area (Å²) >= 11 is 1.54. The molecule has 1 fully saturated rings. The van der Waals surface area contributed by atoms with Crippen LogP contribution < -0.4 is 0 Å². The summed E-state index contributed by atoms with van der Waals surface area (Å²) in [6.45, 7) is 0. The highest BCUT2D eigenvalue weighted by Crippen LogP contribution is 2.32. The second-order valence-electron chi connectivity index (χ2n) is 4.57. The molecule has 1 aromatic rings. The zero-order chi connectivity index (χ0) is 12.1. The molecular weight excluding hydrogens is 232 g/mol. The van der Waals surface area contributed by atoms with Gasteiger partial charge in [-0.2, -0.15) is 5.26 Å². The molecule has 0 atom stereocenters. The molecule has 0 aliphatic heterocycles. The summed E-state index contributed by atoms with van der Waals surface area (Å²) in [4.78, 5) is 4.20. The first kappa shape index (κ1) is 12.4. The predicted molar refractivity (Wildman–Crippen MR) is 67.7 cm³/mol. The van der Waals surface area contributed by atoms with Crippen LogP contribution >= 0.6 is 11.8 Å². The van der Waals surface area contributed by atoms with Gasteiger partial charge < -0.3 is 5.11 Å². The molecule has 1 aliphatic carbocycles. The molecule has 2 rings (SSSR count). The quantitative estimate of drug-likeness (QED) is 0.836. The van der Waals surface area contributed by atoms with Crippen LogP contribution in [0.15, 0.2) is 23.4 Å². The van der Waals surface area contributed by atoms with E-state index in [1.54, 1.807) is 30.1 Å². The highest BCUT2D eigenvalue weighted by Gasteiger charge is 2.29. The van der Waals surface area contributed by atoms with E-state index in [0.717, 1.165) is 30.7 Å². The smallest absolute Gasteiger partial charge is 0.0993 e. The minimum absolute atomic E-state index is 0.534. The molecule has 1 aromatic heterocycles. The number of aromatic nitrogens is 1. The molecule has 1 N–H and O–H groups in total. The Morgan fingerprint density at radius 1 is 1.41 bits per heavy atom. The van der Waals surface area contributed by atoms with Crippen LogP contribution in [0.25, 0.3) is 0 Å². The fraction of sp³-hybridized carbons (Fsp3) is 0.538. The van der Waals surface area contributed by atoms with Crippen molar-refractivity contribution in [2.75, 3.05) is 5.75 Å². The van der Waals surface area contributed by atoms with Crippen molar-refractivity contribution in [1.29, 1.82) is 5.26 Å². The highest BCUT2D eigenvalue weighted by molar-refractivity contribution is 7.99. The van der Waals surface area contributed by atoms with E-state index < -0.39 is 5.60 Å². The average molecular weight is 248 g/mol. The maximum absolute atomic E-state index is 10.3. The van der Waals surface area contributed by atoms with E-state index in [1.165, 1.54) is 6.42 Å². The van der Waals surface area contributed by atoms with Crippen molar-refractivity contribution in [2.24, 2.45) is 0 Å². The van der Waals surface area contributed by atoms with E-state index >= 15 is 0 Å². The van der Waals surface area contributed by atoms with Gasteiger partial charge in [-0.05, 0) is 25.0 Å². The Bertz CT molecular complexity index is 422. The molecule has 0 bridgehead atoms. The molecule has 17 heavy (non-hydrogen) atoms. The predicted octanol–water partition coefficient (Wildman–Crippen LogP) is 2.74. The second-order valence-corrected chi connectivity index (χ2v) is 5.56. The topological polar surface area (TPSA) is 56.9 Å². The summed E-state index contributed by atoms with van der Waals surface area (Å²) in [6.07, 6.45) is 6.88. The zero-order valence-corrected chi connectivity index (χ0v) is 10.5. The van der Waals surface area contributed by atoms with E-state index in [9.17, 15) is 5.11 Å². The normalized spacial score (nSPS) is 18.6. The van der Waals surface area contributed by atoms with E-state index in [1.807, 2.05) is 0 Å². The number of hydrogen-bond acceptors (Lipinski definition) is 4. The van der Waals surface area contributed by atoms with Crippen LogP contribution in [0.5, 0.6) is 0 Å². The van der Waals surface area contributed by atoms with Crippen LogP contribution in [-0.4, -0.2) is 21.4 Å². The number of aliphatic hydroxyl groups is 1. The van der Waals surface area contributed by atoms with Gasteiger partial charge in [0.25, 0.3) is 0 Å². The minimum Gasteiger partial charge on any atom is -0.389 e. The van der Waals surface area contributed by atoms with Crippen molar-refractivity contribution >= 4 is 11.8 Å². The monoisotopic (exact) mass is 248 g/mol. The fourth-order valence-electron chi connectivity index (χ4n) is 2.12. The van der Waals surface area contributed by atoms with Gasteiger partial charge in [0, 0.05) is 11.9 Å². The first-order chi connectivity index (χ1) is 8.22. The van der Waals surface area contributed by atoms with Crippen LogP contribution in [0.2, 0.25) is 0 Å². The lowest BCUT2D eigenvalue weighted by molar-refractivity contribution is 0.0272. The van der Waals surface area contributed by atoms with Gasteiger partial charge in [-0.25, -0.2) is 4.98 Å². The minimum atomic E-state index is -0.534. The van der Waals surface area contributed by atoms with E-state index in [2.05, 4.69) is 11.1 Å². The largest absolute Gasteiger partial charge is 0.389 e. The first-order valence-electron chi connectivity index (χ1n) is 5.93. The van der Waals surface area contributed by atoms with Crippen molar-refractivity contribution in [3.8, 4) is 6.07 Å². The maximum atomic E-state index is 10.3. The summed E-state index contributed by atoms with van der Waals surface area (Å²) in [7, 11) is 0. The highest BCUT2D eigenvalue weighted by atomic mass is 32.2. The Labute approximate surface area is 106 Å². The third-order valence-electron chi connectivity index (χ3n) is 3.14. The third kappa shape index (κ3) is 3.45. The van der Waals surface area contributed by atoms with Gasteiger partial charge in [0.15, 0.2) is 0 Å². The number of nitrogens with zero attached hydrogens (tertiary/aromatic N) is 2. The van der Waals surface area contributed by atoms with E-state index in [4.69, 9.17) is 5.26 Å². The van der Waals surface area contributed by atoms with Crippen LogP contribution in [0.3, 0.4) is 0 Å². The molecule has 1 saturated carbocycles. The molecule has 3 nitrogen and oxygen atoms in total. The number of nitriles is 1. The number of pyridine rings is 1. The maximum Gasteiger partial charge on any atom is 0.0993 e. The first-order valence-corrected chi connectivity index (χ1v) is 6.92. The molecular formula is C13H16N2OS. The summed E-state index contributed by atoms with van der Waals surface area (Å²) in [6, 6.07) is 5.57. The van der Waals surface area contributed by atoms with Crippen LogP contribution in [-0.2, 0) is 0 Å². The van der Waals surface area contributed by atoms with Gasteiger partial charge in [0.05, 0.1) is 22.3 Å². The molecule has 0 unspecified atom stereocenters. The molecule has 1 aliphatic rings. The molecule has 4 heteroatoms. The molecule has 0 aromatic carbocycles. The van der Waals surface area contributed by atoms with Crippen LogP contribution in [0.1, 0.15) is 37.7 Å². The number of rotatable bonds is 3. The Morgan fingerprint density at radius 3 is 2.88 bits per heavy atom. The summed E-state index contributed by atoms with van der Waals surface area (Å²) < 4.78 is 0. The van der Waals surface area contributed by atoms with Gasteiger partial charge in [-0.15, -0.1) is 11.8 Å². The summed E-state index contributed by atoms with van der Waals surface area (Å²) in [5.41, 5.74) is 0.0888. The van der Waals surface area contributed by atoms with Crippen molar-refractivity contribution in [1.82, 2.24) is 4.98 Å². The number of thioether (sulfide) groups is 1. The van der Waals surface area contributed by atoms with Gasteiger partial charge in [-0.3, -0.25) is 0 Å². The lowest BCUT2D eigenvalue weighted by Gasteiger charge is -2.31. The van der Waals surface area contributed by atoms with E-state index in [0.29, 0.717) is 11.3 Å². The summed E-state index contributed by atoms with van der Waals surface area (Å²) in [5.74, 6) is 0.675. The molecule has 1 heterocycles. The fourth-order valence-corrected chi connectivity index (χ4v) is 3.17. The Kier molecular flexibility index (Phi) is 4.03. The standard InChI is InChI=1S/C13H16N2OS/c14-9-11-4-7-15-12(8-11)17-10-13(16)5-2-1-3-6-13/h4,7-8,16H,1-3,5-6,10H2. The van der Waals surface area contributed by atoms with Crippen molar-refractivity contribution in [3.05, 3.63) is 23.9 Å². The third-order valence-corrected chi connectivity index (χ3v) is 4.34. The lowest BCUT2D eigenvalue weighted by Crippen LogP contribution is -2.34. The average Bonchev–Trinajstić information content (AvgIpc) is 2.38. The molecule has 0 spiro atoms. The van der Waals surface area contributed by atoms with Gasteiger partial charge in [0.1, 0.15) is 0 Å². The van der Waals surface area contributed by atoms with Crippen LogP contribution in [0.4, 0.5) is 0 Å². The molecule has 0 radical (unpaired) electrons. The van der Waals surface area contributed by atoms with Crippen LogP contribution in [0, 0.1) is 11.3 Å². The Balaban J connectivity index is 1.95. The molecule has 0 amide bonds. The molecule has 90 valence electrons. The Hall–Kier alpha value is -1.05. The lowest BCUT2D eigenvalue weighted by atomic mass is 9.86. The second kappa shape index (κ2) is 5.52. The van der Waals surface area contributed by atoms with Crippen molar-refractivity contribution in [3.63, 3.8) is 0 Å². The molecule has 0 saturated heterocycles. The number of hydrogen-bond donors (Lipinski definition) is 1. The Morgan fingerprint density at radius 2 is 2.18 bits per heavy atom. The summed E-state index contributed by atoms with van der Waals surface area (Å²) in [5, 5.41) is 20.0. The van der Waals surface area contributed by atoms with E-state index in [-0.39, 0.29) is 0 Å². The van der Waals surface area contributed by atoms with Crippen molar-refractivity contribution < 1.29 is 5.11 Å². The zero-order valence-electron chi connectivity index (χ0n) is 9.72. The van der Waals surface area contributed by atoms with Gasteiger partial charge in [-0.1, -0.05) is 19.3 Å². The van der Waals surface area contributed by atoms with Crippen molar-refractivity contribution in [2.45, 2.75) is 42.7 Å². The van der Waals surface area contributed by atoms with Gasteiger partial charge >= 0.3 is 0 Å².